The van der Waals surface area contributed by atoms with Crippen LogP contribution in [0.25, 0.3) is 11.0 Å². The number of rotatable bonds is 1. The summed E-state index contributed by atoms with van der Waals surface area (Å²) in [5.74, 6) is 0.766. The Morgan fingerprint density at radius 2 is 2.00 bits per heavy atom. The summed E-state index contributed by atoms with van der Waals surface area (Å²) in [7, 11) is 2.11. The third-order valence-corrected chi connectivity index (χ3v) is 3.49. The Labute approximate surface area is 124 Å². The Balaban J connectivity index is 0.00000147. The highest BCUT2D eigenvalue weighted by Crippen LogP contribution is 2.22. The molecule has 104 valence electrons. The second kappa shape index (κ2) is 6.04. The largest absolute Gasteiger partial charge is 0.353 e. The zero-order valence-electron chi connectivity index (χ0n) is 11.3. The maximum Gasteiger partial charge on any atom is 0.161 e. The molecule has 0 aliphatic carbocycles. The number of piperazine rings is 1. The van der Waals surface area contributed by atoms with E-state index in [1.54, 1.807) is 6.20 Å². The van der Waals surface area contributed by atoms with Crippen LogP contribution in [0.3, 0.4) is 0 Å². The predicted octanol–water partition coefficient (Wildman–Crippen LogP) is 1.68. The molecule has 1 saturated heterocycles. The molecule has 0 saturated carbocycles. The molecule has 0 atom stereocenters. The average molecular weight is 290 g/mol. The molecule has 0 bridgehead atoms. The number of nitriles is 1. The lowest BCUT2D eigenvalue weighted by Gasteiger charge is -2.33. The number of halogens is 1. The minimum Gasteiger partial charge on any atom is -0.353 e. The van der Waals surface area contributed by atoms with Gasteiger partial charge in [-0.25, -0.2) is 9.97 Å². The Kier molecular flexibility index (Phi) is 4.38. The third-order valence-electron chi connectivity index (χ3n) is 3.49. The van der Waals surface area contributed by atoms with Crippen molar-refractivity contribution in [2.75, 3.05) is 38.1 Å². The van der Waals surface area contributed by atoms with Crippen molar-refractivity contribution in [2.24, 2.45) is 0 Å². The minimum atomic E-state index is 0. The lowest BCUT2D eigenvalue weighted by Crippen LogP contribution is -2.45. The summed E-state index contributed by atoms with van der Waals surface area (Å²) in [4.78, 5) is 13.3. The highest BCUT2D eigenvalue weighted by Gasteiger charge is 2.19. The molecule has 0 radical (unpaired) electrons. The van der Waals surface area contributed by atoms with E-state index in [9.17, 15) is 5.26 Å². The molecule has 0 spiro atoms. The van der Waals surface area contributed by atoms with Crippen LogP contribution in [-0.4, -0.2) is 48.1 Å². The molecule has 2 aromatic rings. The molecule has 1 aliphatic heterocycles. The van der Waals surface area contributed by atoms with Gasteiger partial charge in [0, 0.05) is 37.8 Å². The van der Waals surface area contributed by atoms with E-state index in [0.29, 0.717) is 11.2 Å². The molecule has 20 heavy (non-hydrogen) atoms. The van der Waals surface area contributed by atoms with Crippen LogP contribution < -0.4 is 4.90 Å². The Morgan fingerprint density at radius 3 is 2.70 bits per heavy atom. The van der Waals surface area contributed by atoms with E-state index in [1.807, 2.05) is 18.2 Å². The monoisotopic (exact) mass is 289 g/mol. The van der Waals surface area contributed by atoms with E-state index < -0.39 is 0 Å². The van der Waals surface area contributed by atoms with Crippen molar-refractivity contribution in [3.8, 4) is 6.07 Å². The lowest BCUT2D eigenvalue weighted by atomic mass is 10.2. The molecule has 1 aliphatic rings. The van der Waals surface area contributed by atoms with Gasteiger partial charge in [-0.3, -0.25) is 0 Å². The zero-order valence-corrected chi connectivity index (χ0v) is 12.1. The number of pyridine rings is 2. The first kappa shape index (κ1) is 14.5. The van der Waals surface area contributed by atoms with Crippen molar-refractivity contribution >= 4 is 29.3 Å². The predicted molar refractivity (Wildman–Crippen MR) is 81.2 cm³/mol. The summed E-state index contributed by atoms with van der Waals surface area (Å²) >= 11 is 0. The lowest BCUT2D eigenvalue weighted by molar-refractivity contribution is 0.312. The van der Waals surface area contributed by atoms with Crippen molar-refractivity contribution < 1.29 is 0 Å². The summed E-state index contributed by atoms with van der Waals surface area (Å²) < 4.78 is 0. The molecule has 0 aromatic carbocycles. The van der Waals surface area contributed by atoms with Gasteiger partial charge in [-0.2, -0.15) is 5.26 Å². The first-order valence-electron chi connectivity index (χ1n) is 6.37. The van der Waals surface area contributed by atoms with Gasteiger partial charge in [0.05, 0.1) is 5.56 Å². The molecule has 3 rings (SSSR count). The minimum absolute atomic E-state index is 0. The van der Waals surface area contributed by atoms with Gasteiger partial charge in [0.2, 0.25) is 0 Å². The van der Waals surface area contributed by atoms with E-state index in [1.165, 1.54) is 0 Å². The number of anilines is 1. The van der Waals surface area contributed by atoms with Gasteiger partial charge in [-0.1, -0.05) is 0 Å². The van der Waals surface area contributed by atoms with Crippen LogP contribution in [0.1, 0.15) is 5.56 Å². The fourth-order valence-corrected chi connectivity index (χ4v) is 2.34. The average Bonchev–Trinajstić information content (AvgIpc) is 2.46. The highest BCUT2D eigenvalue weighted by atomic mass is 35.5. The van der Waals surface area contributed by atoms with Gasteiger partial charge < -0.3 is 9.80 Å². The van der Waals surface area contributed by atoms with E-state index in [4.69, 9.17) is 0 Å². The van der Waals surface area contributed by atoms with Crippen LogP contribution in [0.2, 0.25) is 0 Å². The van der Waals surface area contributed by atoms with Gasteiger partial charge in [0.1, 0.15) is 11.9 Å². The second-order valence-corrected chi connectivity index (χ2v) is 4.81. The quantitative estimate of drug-likeness (QED) is 0.799. The van der Waals surface area contributed by atoms with Crippen LogP contribution >= 0.6 is 12.4 Å². The number of likely N-dealkylation sites (N-methyl/N-ethyl adjacent to an activating group) is 1. The van der Waals surface area contributed by atoms with Crippen LogP contribution in [-0.2, 0) is 0 Å². The smallest absolute Gasteiger partial charge is 0.161 e. The molecule has 0 unspecified atom stereocenters. The van der Waals surface area contributed by atoms with E-state index >= 15 is 0 Å². The molecular formula is C14H16ClN5. The van der Waals surface area contributed by atoms with Crippen molar-refractivity contribution in [2.45, 2.75) is 0 Å². The van der Waals surface area contributed by atoms with Crippen LogP contribution in [0.5, 0.6) is 0 Å². The van der Waals surface area contributed by atoms with Gasteiger partial charge in [-0.15, -0.1) is 12.4 Å². The van der Waals surface area contributed by atoms with Crippen molar-refractivity contribution in [3.05, 3.63) is 30.0 Å². The molecule has 6 heteroatoms. The fraction of sp³-hybridized carbons (Fsp3) is 0.357. The van der Waals surface area contributed by atoms with Crippen LogP contribution in [0.15, 0.2) is 24.4 Å². The molecule has 0 amide bonds. The van der Waals surface area contributed by atoms with E-state index in [-0.39, 0.29) is 12.4 Å². The van der Waals surface area contributed by atoms with Crippen molar-refractivity contribution in [1.82, 2.24) is 14.9 Å². The topological polar surface area (TPSA) is 56.1 Å². The molecule has 3 heterocycles. The standard InChI is InChI=1S/C14H15N5.ClH/c1-18-5-7-19(8-6-18)14-12(10-15)9-11-3-2-4-16-13(11)17-14;/h2-4,9H,5-8H2,1H3;1H. The summed E-state index contributed by atoms with van der Waals surface area (Å²) in [6.45, 7) is 3.78. The number of hydrogen-bond acceptors (Lipinski definition) is 5. The Hall–Kier alpha value is -1.90. The van der Waals surface area contributed by atoms with E-state index in [0.717, 1.165) is 37.4 Å². The maximum absolute atomic E-state index is 9.31. The zero-order chi connectivity index (χ0) is 13.2. The number of nitrogens with zero attached hydrogens (tertiary/aromatic N) is 5. The summed E-state index contributed by atoms with van der Waals surface area (Å²) in [6.07, 6.45) is 1.73. The summed E-state index contributed by atoms with van der Waals surface area (Å²) in [5, 5.41) is 10.2. The fourth-order valence-electron chi connectivity index (χ4n) is 2.34. The first-order chi connectivity index (χ1) is 9.28. The van der Waals surface area contributed by atoms with Gasteiger partial charge in [0.25, 0.3) is 0 Å². The third kappa shape index (κ3) is 2.67. The molecular weight excluding hydrogens is 274 g/mol. The van der Waals surface area contributed by atoms with Crippen molar-refractivity contribution in [3.63, 3.8) is 0 Å². The van der Waals surface area contributed by atoms with Crippen LogP contribution in [0.4, 0.5) is 5.82 Å². The maximum atomic E-state index is 9.31. The number of hydrogen-bond donors (Lipinski definition) is 0. The molecule has 2 aromatic heterocycles. The Bertz CT molecular complexity index is 644. The van der Waals surface area contributed by atoms with Gasteiger partial charge in [0.15, 0.2) is 5.65 Å². The molecule has 5 nitrogen and oxygen atoms in total. The Morgan fingerprint density at radius 1 is 1.25 bits per heavy atom. The second-order valence-electron chi connectivity index (χ2n) is 4.81. The summed E-state index contributed by atoms with van der Waals surface area (Å²) in [5.41, 5.74) is 1.33. The normalized spacial score (nSPS) is 15.7. The molecule has 0 N–H and O–H groups in total. The highest BCUT2D eigenvalue weighted by molar-refractivity contribution is 5.85. The molecule has 1 fully saturated rings. The number of fused-ring (bicyclic) bond motifs is 1. The van der Waals surface area contributed by atoms with Crippen LogP contribution in [0, 0.1) is 11.3 Å². The van der Waals surface area contributed by atoms with Gasteiger partial charge in [-0.05, 0) is 25.2 Å². The van der Waals surface area contributed by atoms with Crippen molar-refractivity contribution in [1.29, 1.82) is 5.26 Å². The first-order valence-corrected chi connectivity index (χ1v) is 6.37. The summed E-state index contributed by atoms with van der Waals surface area (Å²) in [6, 6.07) is 7.92. The number of aromatic nitrogens is 2. The van der Waals surface area contributed by atoms with Gasteiger partial charge >= 0.3 is 0 Å². The SMILES string of the molecule is CN1CCN(c2nc3ncccc3cc2C#N)CC1.Cl. The van der Waals surface area contributed by atoms with E-state index in [2.05, 4.69) is 32.9 Å².